The molecule has 0 saturated carbocycles. The van der Waals surface area contributed by atoms with E-state index in [1.54, 1.807) is 0 Å². The smallest absolute Gasteiger partial charge is 0.244 e. The molecule has 1 atom stereocenters. The summed E-state index contributed by atoms with van der Waals surface area (Å²) in [5, 5.41) is 6.69. The van der Waals surface area contributed by atoms with Gasteiger partial charge >= 0.3 is 0 Å². The predicted molar refractivity (Wildman–Crippen MR) is 115 cm³/mol. The summed E-state index contributed by atoms with van der Waals surface area (Å²) in [6.45, 7) is 12.7. The van der Waals surface area contributed by atoms with Crippen molar-refractivity contribution >= 4 is 35.8 Å². The fourth-order valence-corrected chi connectivity index (χ4v) is 3.53. The quantitative estimate of drug-likeness (QED) is 0.358. The van der Waals surface area contributed by atoms with Crippen LogP contribution in [0.25, 0.3) is 0 Å². The van der Waals surface area contributed by atoms with Crippen LogP contribution in [0, 0.1) is 5.92 Å². The van der Waals surface area contributed by atoms with Crippen LogP contribution >= 0.6 is 24.0 Å². The molecule has 0 aromatic heterocycles. The number of hydrogen-bond donors (Lipinski definition) is 2. The zero-order chi connectivity index (χ0) is 17.4. The van der Waals surface area contributed by atoms with Crippen molar-refractivity contribution in [1.29, 1.82) is 0 Å². The molecule has 0 spiro atoms. The van der Waals surface area contributed by atoms with E-state index in [4.69, 9.17) is 0 Å². The van der Waals surface area contributed by atoms with E-state index in [9.17, 15) is 4.79 Å². The Bertz CT molecular complexity index is 424. The Hall–Kier alpha value is -0.570. The lowest BCUT2D eigenvalue weighted by Crippen LogP contribution is -2.46. The van der Waals surface area contributed by atoms with Crippen LogP contribution in [-0.4, -0.2) is 73.5 Å². The third kappa shape index (κ3) is 7.68. The minimum Gasteiger partial charge on any atom is -0.357 e. The SMILES string of the molecule is CCNC(=NCC(=O)N1CCCC1)NCC1CCCN(C(C)C)C1.I. The minimum atomic E-state index is 0. The van der Waals surface area contributed by atoms with Gasteiger partial charge in [0.2, 0.25) is 5.91 Å². The van der Waals surface area contributed by atoms with E-state index in [2.05, 4.69) is 41.3 Å². The molecule has 2 saturated heterocycles. The summed E-state index contributed by atoms with van der Waals surface area (Å²) in [4.78, 5) is 21.1. The second-order valence-corrected chi connectivity index (χ2v) is 7.26. The van der Waals surface area contributed by atoms with Crippen LogP contribution in [0.1, 0.15) is 46.5 Å². The predicted octanol–water partition coefficient (Wildman–Crippen LogP) is 1.90. The average molecular weight is 465 g/mol. The number of nitrogens with zero attached hydrogens (tertiary/aromatic N) is 3. The van der Waals surface area contributed by atoms with Gasteiger partial charge in [0.25, 0.3) is 0 Å². The van der Waals surface area contributed by atoms with Crippen LogP contribution in [0.5, 0.6) is 0 Å². The molecule has 0 aliphatic carbocycles. The first-order valence-corrected chi connectivity index (χ1v) is 9.64. The normalized spacial score (nSPS) is 22.0. The fraction of sp³-hybridized carbons (Fsp3) is 0.889. The van der Waals surface area contributed by atoms with Crippen molar-refractivity contribution in [3.63, 3.8) is 0 Å². The van der Waals surface area contributed by atoms with Gasteiger partial charge < -0.3 is 20.4 Å². The molecule has 2 rings (SSSR count). The molecule has 6 nitrogen and oxygen atoms in total. The molecule has 2 fully saturated rings. The summed E-state index contributed by atoms with van der Waals surface area (Å²) < 4.78 is 0. The van der Waals surface area contributed by atoms with Crippen LogP contribution in [0.15, 0.2) is 4.99 Å². The highest BCUT2D eigenvalue weighted by molar-refractivity contribution is 14.0. The van der Waals surface area contributed by atoms with Crippen LogP contribution in [0.2, 0.25) is 0 Å². The van der Waals surface area contributed by atoms with E-state index in [-0.39, 0.29) is 36.4 Å². The maximum Gasteiger partial charge on any atom is 0.244 e. The van der Waals surface area contributed by atoms with Gasteiger partial charge in [-0.3, -0.25) is 4.79 Å². The monoisotopic (exact) mass is 465 g/mol. The molecule has 1 amide bonds. The van der Waals surface area contributed by atoms with Gasteiger partial charge in [0.05, 0.1) is 0 Å². The van der Waals surface area contributed by atoms with Crippen molar-refractivity contribution in [2.45, 2.75) is 52.5 Å². The number of piperidine rings is 1. The lowest BCUT2D eigenvalue weighted by molar-refractivity contribution is -0.128. The maximum absolute atomic E-state index is 12.1. The molecule has 2 aliphatic rings. The lowest BCUT2D eigenvalue weighted by atomic mass is 9.97. The van der Waals surface area contributed by atoms with Gasteiger partial charge in [-0.2, -0.15) is 0 Å². The van der Waals surface area contributed by atoms with Gasteiger partial charge in [0.1, 0.15) is 6.54 Å². The molecule has 0 bridgehead atoms. The number of amides is 1. The van der Waals surface area contributed by atoms with Gasteiger partial charge in [-0.05, 0) is 58.9 Å². The van der Waals surface area contributed by atoms with Gasteiger partial charge in [-0.25, -0.2) is 4.99 Å². The van der Waals surface area contributed by atoms with Gasteiger partial charge in [-0.15, -0.1) is 24.0 Å². The Labute approximate surface area is 170 Å². The number of nitrogens with one attached hydrogen (secondary N) is 2. The topological polar surface area (TPSA) is 60.0 Å². The van der Waals surface area contributed by atoms with E-state index in [1.165, 1.54) is 19.4 Å². The van der Waals surface area contributed by atoms with Crippen molar-refractivity contribution in [3.05, 3.63) is 0 Å². The van der Waals surface area contributed by atoms with Gasteiger partial charge in [0, 0.05) is 38.8 Å². The Morgan fingerprint density at radius 3 is 2.52 bits per heavy atom. The molecule has 2 N–H and O–H groups in total. The molecular formula is C18H36IN5O. The largest absolute Gasteiger partial charge is 0.357 e. The second-order valence-electron chi connectivity index (χ2n) is 7.26. The Balaban J connectivity index is 0.00000312. The molecule has 2 aliphatic heterocycles. The molecule has 0 aromatic rings. The highest BCUT2D eigenvalue weighted by atomic mass is 127. The van der Waals surface area contributed by atoms with E-state index in [0.717, 1.165) is 51.5 Å². The van der Waals surface area contributed by atoms with Crippen molar-refractivity contribution in [1.82, 2.24) is 20.4 Å². The third-order valence-electron chi connectivity index (χ3n) is 5.01. The summed E-state index contributed by atoms with van der Waals surface area (Å²) in [7, 11) is 0. The second kappa shape index (κ2) is 11.9. The first-order chi connectivity index (χ1) is 11.6. The van der Waals surface area contributed by atoms with E-state index < -0.39 is 0 Å². The molecule has 7 heteroatoms. The standard InChI is InChI=1S/C18H35N5O.HI/c1-4-19-18(21-13-17(24)22-9-5-6-10-22)20-12-16-8-7-11-23(14-16)15(2)3;/h15-16H,4-14H2,1-3H3,(H2,19,20,21);1H. The molecule has 1 unspecified atom stereocenters. The van der Waals surface area contributed by atoms with Crippen LogP contribution < -0.4 is 10.6 Å². The van der Waals surface area contributed by atoms with Crippen LogP contribution in [0.4, 0.5) is 0 Å². The molecule has 0 aromatic carbocycles. The van der Waals surface area contributed by atoms with Crippen molar-refractivity contribution < 1.29 is 4.79 Å². The summed E-state index contributed by atoms with van der Waals surface area (Å²) in [6.07, 6.45) is 4.79. The van der Waals surface area contributed by atoms with Crippen LogP contribution in [0.3, 0.4) is 0 Å². The number of hydrogen-bond acceptors (Lipinski definition) is 3. The number of guanidine groups is 1. The highest BCUT2D eigenvalue weighted by Crippen LogP contribution is 2.17. The number of rotatable bonds is 6. The fourth-order valence-electron chi connectivity index (χ4n) is 3.53. The lowest BCUT2D eigenvalue weighted by Gasteiger charge is -2.35. The van der Waals surface area contributed by atoms with Gasteiger partial charge in [-0.1, -0.05) is 0 Å². The highest BCUT2D eigenvalue weighted by Gasteiger charge is 2.22. The zero-order valence-corrected chi connectivity index (χ0v) is 18.4. The van der Waals surface area contributed by atoms with E-state index >= 15 is 0 Å². The number of halogens is 1. The van der Waals surface area contributed by atoms with Crippen molar-refractivity contribution in [2.75, 3.05) is 45.8 Å². The Kier molecular flexibility index (Phi) is 10.7. The minimum absolute atomic E-state index is 0. The van der Waals surface area contributed by atoms with Gasteiger partial charge in [0.15, 0.2) is 5.96 Å². The first-order valence-electron chi connectivity index (χ1n) is 9.64. The van der Waals surface area contributed by atoms with E-state index in [1.807, 2.05) is 4.90 Å². The number of carbonyl (C=O) groups is 1. The molecule has 146 valence electrons. The summed E-state index contributed by atoms with van der Waals surface area (Å²) in [5.41, 5.74) is 0. The molecule has 0 radical (unpaired) electrons. The Morgan fingerprint density at radius 2 is 1.88 bits per heavy atom. The zero-order valence-electron chi connectivity index (χ0n) is 16.1. The number of likely N-dealkylation sites (tertiary alicyclic amines) is 2. The van der Waals surface area contributed by atoms with Crippen molar-refractivity contribution in [2.24, 2.45) is 10.9 Å². The molecule has 25 heavy (non-hydrogen) atoms. The Morgan fingerprint density at radius 1 is 1.16 bits per heavy atom. The molecule has 2 heterocycles. The summed E-state index contributed by atoms with van der Waals surface area (Å²) >= 11 is 0. The number of aliphatic imine (C=N–C) groups is 1. The first kappa shape index (κ1) is 22.5. The van der Waals surface area contributed by atoms with Crippen LogP contribution in [-0.2, 0) is 4.79 Å². The molecular weight excluding hydrogens is 429 g/mol. The third-order valence-corrected chi connectivity index (χ3v) is 5.01. The average Bonchev–Trinajstić information content (AvgIpc) is 3.12. The summed E-state index contributed by atoms with van der Waals surface area (Å²) in [5.74, 6) is 1.57. The summed E-state index contributed by atoms with van der Waals surface area (Å²) in [6, 6.07) is 0.618. The van der Waals surface area contributed by atoms with E-state index in [0.29, 0.717) is 12.0 Å². The maximum atomic E-state index is 12.1. The number of carbonyl (C=O) groups excluding carboxylic acids is 1. The van der Waals surface area contributed by atoms with Crippen molar-refractivity contribution in [3.8, 4) is 0 Å².